The van der Waals surface area contributed by atoms with Crippen molar-refractivity contribution >= 4 is 11.9 Å². The molecule has 0 aliphatic carbocycles. The van der Waals surface area contributed by atoms with E-state index in [1.54, 1.807) is 0 Å². The van der Waals surface area contributed by atoms with E-state index in [2.05, 4.69) is 10.6 Å². The van der Waals surface area contributed by atoms with Crippen LogP contribution in [0.5, 0.6) is 0 Å². The lowest BCUT2D eigenvalue weighted by atomic mass is 10.4. The minimum absolute atomic E-state index is 0.0251. The molecule has 0 aromatic rings. The van der Waals surface area contributed by atoms with Gasteiger partial charge in [-0.15, -0.1) is 0 Å². The summed E-state index contributed by atoms with van der Waals surface area (Å²) in [5.41, 5.74) is 0. The van der Waals surface area contributed by atoms with Crippen LogP contribution in [0.25, 0.3) is 0 Å². The smallest absolute Gasteiger partial charge is 0.317 e. The monoisotopic (exact) mass is 232 g/mol. The third-order valence-electron chi connectivity index (χ3n) is 1.66. The van der Waals surface area contributed by atoms with Gasteiger partial charge in [-0.25, -0.2) is 0 Å². The van der Waals surface area contributed by atoms with Gasteiger partial charge in [-0.2, -0.15) is 0 Å². The number of ether oxygens (including phenoxy) is 1. The second kappa shape index (κ2) is 9.11. The summed E-state index contributed by atoms with van der Waals surface area (Å²) in [6.07, 6.45) is 0.955. The van der Waals surface area contributed by atoms with Gasteiger partial charge in [0.05, 0.1) is 19.2 Å². The molecule has 6 nitrogen and oxygen atoms in total. The van der Waals surface area contributed by atoms with Gasteiger partial charge in [0.2, 0.25) is 5.91 Å². The zero-order valence-corrected chi connectivity index (χ0v) is 9.78. The third kappa shape index (κ3) is 10.9. The summed E-state index contributed by atoms with van der Waals surface area (Å²) in [6.45, 7) is 4.88. The number of nitrogens with one attached hydrogen (secondary N) is 2. The van der Waals surface area contributed by atoms with Crippen molar-refractivity contribution in [3.63, 3.8) is 0 Å². The fourth-order valence-electron chi connectivity index (χ4n) is 0.964. The van der Waals surface area contributed by atoms with Crippen molar-refractivity contribution in [2.75, 3.05) is 26.2 Å². The first-order chi connectivity index (χ1) is 7.52. The maximum atomic E-state index is 11.1. The zero-order valence-electron chi connectivity index (χ0n) is 9.78. The molecular weight excluding hydrogens is 212 g/mol. The van der Waals surface area contributed by atoms with Gasteiger partial charge in [-0.3, -0.25) is 14.9 Å². The number of carbonyl (C=O) groups is 2. The number of carboxylic acid groups (broad SMARTS) is 1. The summed E-state index contributed by atoms with van der Waals surface area (Å²) in [5.74, 6) is -1.18. The molecule has 0 radical (unpaired) electrons. The maximum absolute atomic E-state index is 11.1. The van der Waals surface area contributed by atoms with Crippen LogP contribution >= 0.6 is 0 Å². The van der Waals surface area contributed by atoms with E-state index in [4.69, 9.17) is 9.84 Å². The van der Waals surface area contributed by atoms with Crippen molar-refractivity contribution < 1.29 is 19.4 Å². The summed E-state index contributed by atoms with van der Waals surface area (Å²) in [4.78, 5) is 21.2. The van der Waals surface area contributed by atoms with Crippen LogP contribution in [0.2, 0.25) is 0 Å². The van der Waals surface area contributed by atoms with Crippen molar-refractivity contribution in [2.45, 2.75) is 26.4 Å². The van der Waals surface area contributed by atoms with E-state index in [0.717, 1.165) is 6.42 Å². The standard InChI is InChI=1S/C10H20N2O4/c1-8(2)16-5-3-4-12-9(13)6-11-7-10(14)15/h8,11H,3-7H2,1-2H3,(H,12,13)(H,14,15). The van der Waals surface area contributed by atoms with Crippen molar-refractivity contribution in [1.82, 2.24) is 10.6 Å². The fraction of sp³-hybridized carbons (Fsp3) is 0.800. The molecular formula is C10H20N2O4. The van der Waals surface area contributed by atoms with Gasteiger partial charge < -0.3 is 15.2 Å². The highest BCUT2D eigenvalue weighted by Crippen LogP contribution is 1.88. The Kier molecular flexibility index (Phi) is 8.46. The van der Waals surface area contributed by atoms with Gasteiger partial charge in [0, 0.05) is 13.2 Å². The average Bonchev–Trinajstić information content (AvgIpc) is 2.16. The Balaban J connectivity index is 3.27. The van der Waals surface area contributed by atoms with Crippen LogP contribution in [0.15, 0.2) is 0 Å². The summed E-state index contributed by atoms with van der Waals surface area (Å²) >= 11 is 0. The van der Waals surface area contributed by atoms with Crippen molar-refractivity contribution in [2.24, 2.45) is 0 Å². The summed E-state index contributed by atoms with van der Waals surface area (Å²) in [5, 5.41) is 13.5. The minimum Gasteiger partial charge on any atom is -0.480 e. The molecule has 0 saturated carbocycles. The lowest BCUT2D eigenvalue weighted by Gasteiger charge is -2.08. The number of aliphatic carboxylic acids is 1. The first kappa shape index (κ1) is 14.9. The van der Waals surface area contributed by atoms with Crippen LogP contribution in [0.4, 0.5) is 0 Å². The van der Waals surface area contributed by atoms with Crippen molar-refractivity contribution in [3.8, 4) is 0 Å². The number of carbonyl (C=O) groups excluding carboxylic acids is 1. The van der Waals surface area contributed by atoms with Crippen LogP contribution in [-0.2, 0) is 14.3 Å². The van der Waals surface area contributed by atoms with Crippen LogP contribution in [0.1, 0.15) is 20.3 Å². The van der Waals surface area contributed by atoms with E-state index in [1.165, 1.54) is 0 Å². The van der Waals surface area contributed by atoms with Crippen molar-refractivity contribution in [3.05, 3.63) is 0 Å². The molecule has 0 unspecified atom stereocenters. The number of amides is 1. The first-order valence-electron chi connectivity index (χ1n) is 5.33. The van der Waals surface area contributed by atoms with E-state index < -0.39 is 5.97 Å². The summed E-state index contributed by atoms with van der Waals surface area (Å²) in [6, 6.07) is 0. The molecule has 0 fully saturated rings. The van der Waals surface area contributed by atoms with E-state index in [0.29, 0.717) is 13.2 Å². The van der Waals surface area contributed by atoms with Gasteiger partial charge in [0.25, 0.3) is 0 Å². The molecule has 0 aliphatic heterocycles. The quantitative estimate of drug-likeness (QED) is 0.470. The number of rotatable bonds is 9. The Morgan fingerprint density at radius 3 is 2.56 bits per heavy atom. The van der Waals surface area contributed by atoms with Gasteiger partial charge in [0.1, 0.15) is 0 Å². The van der Waals surface area contributed by atoms with Crippen LogP contribution < -0.4 is 10.6 Å². The molecule has 6 heteroatoms. The largest absolute Gasteiger partial charge is 0.480 e. The van der Waals surface area contributed by atoms with Gasteiger partial charge in [-0.1, -0.05) is 0 Å². The van der Waals surface area contributed by atoms with E-state index in [9.17, 15) is 9.59 Å². The van der Waals surface area contributed by atoms with E-state index >= 15 is 0 Å². The highest BCUT2D eigenvalue weighted by molar-refractivity contribution is 5.78. The summed E-state index contributed by atoms with van der Waals surface area (Å²) in [7, 11) is 0. The Hall–Kier alpha value is -1.14. The number of hydrogen-bond acceptors (Lipinski definition) is 4. The van der Waals surface area contributed by atoms with Crippen LogP contribution in [-0.4, -0.2) is 49.3 Å². The van der Waals surface area contributed by atoms with E-state index in [1.807, 2.05) is 13.8 Å². The topological polar surface area (TPSA) is 87.7 Å². The molecule has 94 valence electrons. The number of hydrogen-bond donors (Lipinski definition) is 3. The molecule has 16 heavy (non-hydrogen) atoms. The number of carboxylic acids is 1. The highest BCUT2D eigenvalue weighted by atomic mass is 16.5. The first-order valence-corrected chi connectivity index (χ1v) is 5.33. The Labute approximate surface area is 95.4 Å². The molecule has 0 aromatic heterocycles. The van der Waals surface area contributed by atoms with Crippen molar-refractivity contribution in [1.29, 1.82) is 0 Å². The molecule has 0 saturated heterocycles. The molecule has 1 amide bonds. The predicted octanol–water partition coefficient (Wildman–Crippen LogP) is -0.408. The predicted molar refractivity (Wildman–Crippen MR) is 59.2 cm³/mol. The van der Waals surface area contributed by atoms with Crippen LogP contribution in [0, 0.1) is 0 Å². The molecule has 0 rings (SSSR count). The van der Waals surface area contributed by atoms with Gasteiger partial charge in [0.15, 0.2) is 0 Å². The second-order valence-electron chi connectivity index (χ2n) is 3.62. The van der Waals surface area contributed by atoms with Gasteiger partial charge >= 0.3 is 5.97 Å². The Morgan fingerprint density at radius 1 is 1.31 bits per heavy atom. The zero-order chi connectivity index (χ0) is 12.4. The average molecular weight is 232 g/mol. The molecule has 3 N–H and O–H groups in total. The Morgan fingerprint density at radius 2 is 2.00 bits per heavy atom. The lowest BCUT2D eigenvalue weighted by Crippen LogP contribution is -2.36. The second-order valence-corrected chi connectivity index (χ2v) is 3.62. The molecule has 0 aromatic carbocycles. The Bertz CT molecular complexity index is 219. The third-order valence-corrected chi connectivity index (χ3v) is 1.66. The highest BCUT2D eigenvalue weighted by Gasteiger charge is 2.01. The molecule has 0 heterocycles. The molecule has 0 aliphatic rings. The fourth-order valence-corrected chi connectivity index (χ4v) is 0.964. The van der Waals surface area contributed by atoms with E-state index in [-0.39, 0.29) is 25.1 Å². The molecule has 0 bridgehead atoms. The van der Waals surface area contributed by atoms with Gasteiger partial charge in [-0.05, 0) is 20.3 Å². The maximum Gasteiger partial charge on any atom is 0.317 e. The SMILES string of the molecule is CC(C)OCCCNC(=O)CNCC(=O)O. The lowest BCUT2D eigenvalue weighted by molar-refractivity contribution is -0.136. The van der Waals surface area contributed by atoms with Crippen LogP contribution in [0.3, 0.4) is 0 Å². The normalized spacial score (nSPS) is 10.4. The molecule has 0 atom stereocenters. The minimum atomic E-state index is -0.974. The molecule has 0 spiro atoms. The summed E-state index contributed by atoms with van der Waals surface area (Å²) < 4.78 is 5.29.